The highest BCUT2D eigenvalue weighted by Crippen LogP contribution is 2.26. The van der Waals surface area contributed by atoms with Crippen molar-refractivity contribution < 1.29 is 31.9 Å². The maximum atomic E-state index is 12.3. The summed E-state index contributed by atoms with van der Waals surface area (Å²) < 4.78 is 45.7. The summed E-state index contributed by atoms with van der Waals surface area (Å²) in [5, 5.41) is 6.49. The molecule has 2 aromatic carbocycles. The van der Waals surface area contributed by atoms with Crippen molar-refractivity contribution in [1.29, 1.82) is 0 Å². The van der Waals surface area contributed by atoms with E-state index in [4.69, 9.17) is 18.7 Å². The molecule has 1 saturated heterocycles. The van der Waals surface area contributed by atoms with Crippen molar-refractivity contribution in [2.45, 2.75) is 43.9 Å². The van der Waals surface area contributed by atoms with Crippen molar-refractivity contribution in [1.82, 2.24) is 15.5 Å². The third-order valence-corrected chi connectivity index (χ3v) is 6.39. The van der Waals surface area contributed by atoms with Crippen LogP contribution in [0.25, 0.3) is 11.4 Å². The summed E-state index contributed by atoms with van der Waals surface area (Å²) in [6.45, 7) is 5.86. The van der Waals surface area contributed by atoms with Crippen molar-refractivity contribution in [2.75, 3.05) is 12.4 Å². The van der Waals surface area contributed by atoms with Crippen LogP contribution in [0.5, 0.6) is 11.5 Å². The second-order valence-electron chi connectivity index (χ2n) is 8.70. The largest absolute Gasteiger partial charge is 0.457 e. The number of carbonyl (C=O) groups is 1. The normalized spacial score (nSPS) is 15.6. The number of sulfone groups is 1. The van der Waals surface area contributed by atoms with E-state index in [-0.39, 0.29) is 29.2 Å². The van der Waals surface area contributed by atoms with Crippen molar-refractivity contribution in [3.8, 4) is 22.9 Å². The zero-order chi connectivity index (χ0) is 24.3. The van der Waals surface area contributed by atoms with Gasteiger partial charge in [-0.25, -0.2) is 13.2 Å². The number of rotatable bonds is 8. The Morgan fingerprint density at radius 2 is 1.71 bits per heavy atom. The number of hydrogen-bond donors (Lipinski definition) is 1. The summed E-state index contributed by atoms with van der Waals surface area (Å²) in [4.78, 5) is 16.2. The molecule has 180 valence electrons. The standard InChI is InChI=1S/C23H25N3O7S/c1-23(2,3)32-22(27)24-12-20-25-21(26-33-20)15-4-6-16(7-5-15)31-17-8-10-19(11-9-17)34(28,29)14-18-13-30-18/h4-11,18H,12-14H2,1-3H3,(H,24,27). The predicted molar refractivity (Wildman–Crippen MR) is 121 cm³/mol. The Morgan fingerprint density at radius 3 is 2.29 bits per heavy atom. The van der Waals surface area contributed by atoms with Crippen LogP contribution in [0.15, 0.2) is 57.9 Å². The molecular weight excluding hydrogens is 462 g/mol. The highest BCUT2D eigenvalue weighted by atomic mass is 32.2. The monoisotopic (exact) mass is 487 g/mol. The molecule has 4 rings (SSSR count). The Morgan fingerprint density at radius 1 is 1.09 bits per heavy atom. The number of nitrogens with zero attached hydrogens (tertiary/aromatic N) is 2. The molecule has 0 bridgehead atoms. The molecule has 1 fully saturated rings. The van der Waals surface area contributed by atoms with E-state index in [9.17, 15) is 13.2 Å². The number of ether oxygens (including phenoxy) is 3. The van der Waals surface area contributed by atoms with Crippen LogP contribution in [0.3, 0.4) is 0 Å². The Balaban J connectivity index is 1.33. The quantitative estimate of drug-likeness (QED) is 0.472. The van der Waals surface area contributed by atoms with Crippen LogP contribution in [0, 0.1) is 0 Å². The second-order valence-corrected chi connectivity index (χ2v) is 10.7. The van der Waals surface area contributed by atoms with Gasteiger partial charge in [-0.15, -0.1) is 0 Å². The Bertz CT molecular complexity index is 1240. The zero-order valence-electron chi connectivity index (χ0n) is 19.0. The fraction of sp³-hybridized carbons (Fsp3) is 0.348. The van der Waals surface area contributed by atoms with E-state index in [1.807, 2.05) is 0 Å². The zero-order valence-corrected chi connectivity index (χ0v) is 19.8. The molecule has 34 heavy (non-hydrogen) atoms. The summed E-state index contributed by atoms with van der Waals surface area (Å²) in [7, 11) is -3.37. The van der Waals surface area contributed by atoms with Crippen LogP contribution in [-0.2, 0) is 25.9 Å². The van der Waals surface area contributed by atoms with Crippen molar-refractivity contribution in [3.63, 3.8) is 0 Å². The molecule has 1 aromatic heterocycles. The van der Waals surface area contributed by atoms with Crippen LogP contribution in [0.2, 0.25) is 0 Å². The number of aromatic nitrogens is 2. The number of epoxide rings is 1. The molecule has 1 N–H and O–H groups in total. The van der Waals surface area contributed by atoms with Crippen LogP contribution in [0.1, 0.15) is 26.7 Å². The van der Waals surface area contributed by atoms with E-state index in [1.165, 1.54) is 12.1 Å². The molecule has 1 atom stereocenters. The molecule has 1 unspecified atom stereocenters. The van der Waals surface area contributed by atoms with Crippen LogP contribution in [-0.4, -0.2) is 48.7 Å². The Labute approximate surface area is 197 Å². The van der Waals surface area contributed by atoms with Gasteiger partial charge < -0.3 is 24.1 Å². The maximum Gasteiger partial charge on any atom is 0.408 e. The molecule has 0 saturated carbocycles. The molecule has 2 heterocycles. The minimum absolute atomic E-state index is 0.0104. The Kier molecular flexibility index (Phi) is 6.58. The van der Waals surface area contributed by atoms with Gasteiger partial charge in [0, 0.05) is 5.56 Å². The van der Waals surface area contributed by atoms with E-state index < -0.39 is 21.5 Å². The molecule has 0 spiro atoms. The lowest BCUT2D eigenvalue weighted by atomic mass is 10.2. The summed E-state index contributed by atoms with van der Waals surface area (Å²) in [6, 6.07) is 13.3. The molecule has 10 nitrogen and oxygen atoms in total. The van der Waals surface area contributed by atoms with E-state index >= 15 is 0 Å². The van der Waals surface area contributed by atoms with Gasteiger partial charge in [0.15, 0.2) is 9.84 Å². The molecule has 0 radical (unpaired) electrons. The topological polar surface area (TPSA) is 133 Å². The van der Waals surface area contributed by atoms with Crippen LogP contribution in [0.4, 0.5) is 4.79 Å². The third kappa shape index (κ3) is 6.55. The first-order chi connectivity index (χ1) is 16.1. The van der Waals surface area contributed by atoms with E-state index in [0.717, 1.165) is 0 Å². The van der Waals surface area contributed by atoms with Gasteiger partial charge in [0.1, 0.15) is 23.6 Å². The number of amides is 1. The van der Waals surface area contributed by atoms with E-state index in [2.05, 4.69) is 15.5 Å². The van der Waals surface area contributed by atoms with Gasteiger partial charge in [-0.3, -0.25) is 0 Å². The van der Waals surface area contributed by atoms with Gasteiger partial charge in [-0.05, 0) is 69.3 Å². The van der Waals surface area contributed by atoms with Gasteiger partial charge in [-0.2, -0.15) is 4.98 Å². The lowest BCUT2D eigenvalue weighted by Crippen LogP contribution is -2.32. The molecular formula is C23H25N3O7S. The van der Waals surface area contributed by atoms with Gasteiger partial charge in [0.25, 0.3) is 0 Å². The van der Waals surface area contributed by atoms with Gasteiger partial charge in [0.05, 0.1) is 23.4 Å². The van der Waals surface area contributed by atoms with Gasteiger partial charge in [-0.1, -0.05) is 5.16 Å². The van der Waals surface area contributed by atoms with Crippen molar-refractivity contribution in [2.24, 2.45) is 0 Å². The average Bonchev–Trinajstić information content (AvgIpc) is 3.44. The van der Waals surface area contributed by atoms with Crippen LogP contribution < -0.4 is 10.1 Å². The van der Waals surface area contributed by atoms with Crippen LogP contribution >= 0.6 is 0 Å². The number of alkyl carbamates (subject to hydrolysis) is 1. The van der Waals surface area contributed by atoms with Gasteiger partial charge in [0.2, 0.25) is 11.7 Å². The second kappa shape index (κ2) is 9.43. The minimum atomic E-state index is -3.37. The smallest absolute Gasteiger partial charge is 0.408 e. The molecule has 11 heteroatoms. The van der Waals surface area contributed by atoms with Gasteiger partial charge >= 0.3 is 6.09 Å². The number of benzene rings is 2. The van der Waals surface area contributed by atoms with Crippen molar-refractivity contribution >= 4 is 15.9 Å². The first-order valence-corrected chi connectivity index (χ1v) is 12.2. The first kappa shape index (κ1) is 23.7. The first-order valence-electron chi connectivity index (χ1n) is 10.6. The SMILES string of the molecule is CC(C)(C)OC(=O)NCc1nc(-c2ccc(Oc3ccc(S(=O)(=O)CC4CO4)cc3)cc2)no1. The molecule has 1 aliphatic rings. The highest BCUT2D eigenvalue weighted by Gasteiger charge is 2.30. The number of carbonyl (C=O) groups excluding carboxylic acids is 1. The molecule has 3 aromatic rings. The Hall–Kier alpha value is -3.44. The molecule has 1 amide bonds. The van der Waals surface area contributed by atoms with E-state index in [0.29, 0.717) is 29.5 Å². The third-order valence-electron chi connectivity index (χ3n) is 4.59. The van der Waals surface area contributed by atoms with Crippen molar-refractivity contribution in [3.05, 3.63) is 54.4 Å². The predicted octanol–water partition coefficient (Wildman–Crippen LogP) is 3.73. The lowest BCUT2D eigenvalue weighted by molar-refractivity contribution is 0.0517. The fourth-order valence-electron chi connectivity index (χ4n) is 2.93. The number of nitrogens with one attached hydrogen (secondary N) is 1. The summed E-state index contributed by atoms with van der Waals surface area (Å²) in [5.74, 6) is 1.65. The minimum Gasteiger partial charge on any atom is -0.457 e. The summed E-state index contributed by atoms with van der Waals surface area (Å²) >= 11 is 0. The van der Waals surface area contributed by atoms with E-state index in [1.54, 1.807) is 57.2 Å². The summed E-state index contributed by atoms with van der Waals surface area (Å²) in [5.41, 5.74) is 0.0995. The average molecular weight is 488 g/mol. The summed E-state index contributed by atoms with van der Waals surface area (Å²) in [6.07, 6.45) is -0.771. The fourth-order valence-corrected chi connectivity index (χ4v) is 4.36. The number of hydrogen-bond acceptors (Lipinski definition) is 9. The highest BCUT2D eigenvalue weighted by molar-refractivity contribution is 7.91. The molecule has 1 aliphatic heterocycles. The maximum absolute atomic E-state index is 12.3. The lowest BCUT2D eigenvalue weighted by Gasteiger charge is -2.19. The molecule has 0 aliphatic carbocycles.